The highest BCUT2D eigenvalue weighted by Gasteiger charge is 2.33. The summed E-state index contributed by atoms with van der Waals surface area (Å²) in [6.07, 6.45) is 2.01. The number of aromatic nitrogens is 1. The first-order valence-electron chi connectivity index (χ1n) is 9.02. The van der Waals surface area contributed by atoms with Gasteiger partial charge in [-0.3, -0.25) is 14.6 Å². The van der Waals surface area contributed by atoms with Crippen LogP contribution in [0.3, 0.4) is 0 Å². The standard InChI is InChI=1S/C20H23N3O4S/c1-14-6-7-15(20(25)23(2)12-17-5-3-4-9-21-17)11-18(14)22-19(24)16-8-10-28(26,27)13-16/h3-7,9,11,16H,8,10,12-13H2,1-2H3,(H,22,24). The number of benzene rings is 1. The number of amides is 2. The third-order valence-corrected chi connectivity index (χ3v) is 6.59. The summed E-state index contributed by atoms with van der Waals surface area (Å²) in [7, 11) is -1.44. The summed E-state index contributed by atoms with van der Waals surface area (Å²) in [5, 5.41) is 2.79. The summed E-state index contributed by atoms with van der Waals surface area (Å²) in [4.78, 5) is 31.0. The van der Waals surface area contributed by atoms with Crippen molar-refractivity contribution in [3.63, 3.8) is 0 Å². The van der Waals surface area contributed by atoms with Gasteiger partial charge in [-0.05, 0) is 43.2 Å². The molecule has 0 bridgehead atoms. The first kappa shape index (κ1) is 20.0. The van der Waals surface area contributed by atoms with Crippen molar-refractivity contribution in [2.45, 2.75) is 19.9 Å². The Labute approximate surface area is 164 Å². The average Bonchev–Trinajstić information content (AvgIpc) is 3.03. The van der Waals surface area contributed by atoms with Gasteiger partial charge in [0, 0.05) is 24.5 Å². The van der Waals surface area contributed by atoms with E-state index >= 15 is 0 Å². The molecule has 148 valence electrons. The number of anilines is 1. The number of rotatable bonds is 5. The van der Waals surface area contributed by atoms with Crippen molar-refractivity contribution in [3.05, 3.63) is 59.4 Å². The molecule has 1 fully saturated rings. The largest absolute Gasteiger partial charge is 0.336 e. The first-order valence-corrected chi connectivity index (χ1v) is 10.8. The Morgan fingerprint density at radius 2 is 2.04 bits per heavy atom. The van der Waals surface area contributed by atoms with Crippen LogP contribution in [0.1, 0.15) is 28.0 Å². The van der Waals surface area contributed by atoms with Crippen molar-refractivity contribution in [1.82, 2.24) is 9.88 Å². The normalized spacial score (nSPS) is 17.9. The Hall–Kier alpha value is -2.74. The molecule has 2 heterocycles. The molecule has 1 aliphatic heterocycles. The number of aryl methyl sites for hydroxylation is 1. The number of hydrogen-bond acceptors (Lipinski definition) is 5. The Balaban J connectivity index is 1.72. The molecule has 1 aromatic carbocycles. The van der Waals surface area contributed by atoms with Gasteiger partial charge in [0.05, 0.1) is 29.7 Å². The van der Waals surface area contributed by atoms with Gasteiger partial charge in [-0.25, -0.2) is 8.42 Å². The Morgan fingerprint density at radius 3 is 2.68 bits per heavy atom. The van der Waals surface area contributed by atoms with Crippen LogP contribution in [0.4, 0.5) is 5.69 Å². The maximum atomic E-state index is 12.7. The highest BCUT2D eigenvalue weighted by molar-refractivity contribution is 7.91. The molecule has 1 N–H and O–H groups in total. The molecule has 1 saturated heterocycles. The molecule has 1 atom stereocenters. The second-order valence-electron chi connectivity index (χ2n) is 7.10. The van der Waals surface area contributed by atoms with Crippen LogP contribution >= 0.6 is 0 Å². The fourth-order valence-electron chi connectivity index (χ4n) is 3.15. The quantitative estimate of drug-likeness (QED) is 0.827. The van der Waals surface area contributed by atoms with Gasteiger partial charge < -0.3 is 10.2 Å². The van der Waals surface area contributed by atoms with Crippen LogP contribution in [0, 0.1) is 12.8 Å². The van der Waals surface area contributed by atoms with Crippen molar-refractivity contribution in [2.75, 3.05) is 23.9 Å². The number of nitrogens with zero attached hydrogens (tertiary/aromatic N) is 2. The van der Waals surface area contributed by atoms with E-state index in [4.69, 9.17) is 0 Å². The van der Waals surface area contributed by atoms with Gasteiger partial charge in [0.15, 0.2) is 9.84 Å². The number of sulfone groups is 1. The lowest BCUT2D eigenvalue weighted by atomic mass is 10.1. The molecule has 0 radical (unpaired) electrons. The van der Waals surface area contributed by atoms with Crippen molar-refractivity contribution < 1.29 is 18.0 Å². The fraction of sp³-hybridized carbons (Fsp3) is 0.350. The molecular weight excluding hydrogens is 378 g/mol. The van der Waals surface area contributed by atoms with Gasteiger partial charge in [0.1, 0.15) is 0 Å². The van der Waals surface area contributed by atoms with Crippen molar-refractivity contribution in [1.29, 1.82) is 0 Å². The lowest BCUT2D eigenvalue weighted by Crippen LogP contribution is -2.27. The molecule has 7 nitrogen and oxygen atoms in total. The van der Waals surface area contributed by atoms with E-state index in [1.54, 1.807) is 36.3 Å². The molecule has 2 aromatic rings. The highest BCUT2D eigenvalue weighted by Crippen LogP contribution is 2.23. The monoisotopic (exact) mass is 401 g/mol. The average molecular weight is 401 g/mol. The molecule has 8 heteroatoms. The molecule has 28 heavy (non-hydrogen) atoms. The molecule has 0 aliphatic carbocycles. The summed E-state index contributed by atoms with van der Waals surface area (Å²) in [6, 6.07) is 10.6. The van der Waals surface area contributed by atoms with Crippen molar-refractivity contribution in [3.8, 4) is 0 Å². The van der Waals surface area contributed by atoms with Gasteiger partial charge in [-0.2, -0.15) is 0 Å². The Bertz CT molecular complexity index is 990. The molecule has 1 aromatic heterocycles. The van der Waals surface area contributed by atoms with Crippen LogP contribution < -0.4 is 5.32 Å². The number of nitrogens with one attached hydrogen (secondary N) is 1. The van der Waals surface area contributed by atoms with E-state index < -0.39 is 15.8 Å². The van der Waals surface area contributed by atoms with Gasteiger partial charge in [0.2, 0.25) is 5.91 Å². The molecule has 0 saturated carbocycles. The van der Waals surface area contributed by atoms with Crippen LogP contribution in [-0.4, -0.2) is 48.7 Å². The second-order valence-corrected chi connectivity index (χ2v) is 9.33. The molecule has 1 aliphatic rings. The van der Waals surface area contributed by atoms with E-state index in [0.717, 1.165) is 11.3 Å². The summed E-state index contributed by atoms with van der Waals surface area (Å²) < 4.78 is 23.2. The summed E-state index contributed by atoms with van der Waals surface area (Å²) in [5.74, 6) is -1.14. The van der Waals surface area contributed by atoms with E-state index in [-0.39, 0.29) is 23.3 Å². The van der Waals surface area contributed by atoms with E-state index in [1.165, 1.54) is 0 Å². The van der Waals surface area contributed by atoms with Crippen molar-refractivity contribution >= 4 is 27.3 Å². The summed E-state index contributed by atoms with van der Waals surface area (Å²) in [5.41, 5.74) is 2.55. The predicted octanol–water partition coefficient (Wildman–Crippen LogP) is 2.04. The molecule has 3 rings (SSSR count). The van der Waals surface area contributed by atoms with E-state index in [0.29, 0.717) is 24.2 Å². The third kappa shape index (κ3) is 4.75. The Kier molecular flexibility index (Phi) is 5.79. The van der Waals surface area contributed by atoms with Gasteiger partial charge in [-0.1, -0.05) is 12.1 Å². The van der Waals surface area contributed by atoms with E-state index in [9.17, 15) is 18.0 Å². The maximum absolute atomic E-state index is 12.7. The fourth-order valence-corrected chi connectivity index (χ4v) is 4.89. The summed E-state index contributed by atoms with van der Waals surface area (Å²) >= 11 is 0. The Morgan fingerprint density at radius 1 is 1.25 bits per heavy atom. The summed E-state index contributed by atoms with van der Waals surface area (Å²) in [6.45, 7) is 2.20. The number of carbonyl (C=O) groups excluding carboxylic acids is 2. The van der Waals surface area contributed by atoms with Gasteiger partial charge in [-0.15, -0.1) is 0 Å². The highest BCUT2D eigenvalue weighted by atomic mass is 32.2. The molecular formula is C20H23N3O4S. The minimum atomic E-state index is -3.13. The van der Waals surface area contributed by atoms with Gasteiger partial charge >= 0.3 is 0 Å². The van der Waals surface area contributed by atoms with Crippen LogP contribution in [-0.2, 0) is 21.2 Å². The minimum Gasteiger partial charge on any atom is -0.336 e. The second kappa shape index (κ2) is 8.10. The van der Waals surface area contributed by atoms with Gasteiger partial charge in [0.25, 0.3) is 5.91 Å². The topological polar surface area (TPSA) is 96.4 Å². The van der Waals surface area contributed by atoms with E-state index in [1.807, 2.05) is 25.1 Å². The zero-order valence-electron chi connectivity index (χ0n) is 15.9. The lowest BCUT2D eigenvalue weighted by molar-refractivity contribution is -0.119. The molecule has 1 unspecified atom stereocenters. The number of pyridine rings is 1. The van der Waals surface area contributed by atoms with Crippen LogP contribution in [0.15, 0.2) is 42.6 Å². The molecule has 2 amide bonds. The smallest absolute Gasteiger partial charge is 0.254 e. The minimum absolute atomic E-state index is 0.0426. The van der Waals surface area contributed by atoms with Crippen LogP contribution in [0.5, 0.6) is 0 Å². The number of carbonyl (C=O) groups is 2. The predicted molar refractivity (Wildman–Crippen MR) is 107 cm³/mol. The van der Waals surface area contributed by atoms with Crippen molar-refractivity contribution in [2.24, 2.45) is 5.92 Å². The lowest BCUT2D eigenvalue weighted by Gasteiger charge is -2.18. The first-order chi connectivity index (χ1) is 13.2. The SMILES string of the molecule is Cc1ccc(C(=O)N(C)Cc2ccccn2)cc1NC(=O)C1CCS(=O)(=O)C1. The van der Waals surface area contributed by atoms with Crippen LogP contribution in [0.2, 0.25) is 0 Å². The zero-order valence-corrected chi connectivity index (χ0v) is 16.7. The zero-order chi connectivity index (χ0) is 20.3. The van der Waals surface area contributed by atoms with E-state index in [2.05, 4.69) is 10.3 Å². The number of hydrogen-bond donors (Lipinski definition) is 1. The molecule has 0 spiro atoms. The third-order valence-electron chi connectivity index (χ3n) is 4.82. The maximum Gasteiger partial charge on any atom is 0.254 e. The van der Waals surface area contributed by atoms with Crippen LogP contribution in [0.25, 0.3) is 0 Å².